The Bertz CT molecular complexity index is 453. The van der Waals surface area contributed by atoms with Crippen molar-refractivity contribution < 1.29 is 9.22 Å². The number of carbonyl (C=O) groups is 1. The van der Waals surface area contributed by atoms with Gasteiger partial charge in [0.25, 0.3) is 5.97 Å². The van der Waals surface area contributed by atoms with Crippen molar-refractivity contribution in [3.63, 3.8) is 0 Å². The third kappa shape index (κ3) is 5.48. The number of carbonyl (C=O) groups excluding carboxylic acids is 1. The van der Waals surface area contributed by atoms with Crippen LogP contribution in [0.2, 0.25) is 19.1 Å². The van der Waals surface area contributed by atoms with E-state index in [-0.39, 0.29) is 11.4 Å². The molecule has 2 atom stereocenters. The fourth-order valence-electron chi connectivity index (χ4n) is 4.23. The predicted octanol–water partition coefficient (Wildman–Crippen LogP) is 6.09. The Morgan fingerprint density at radius 3 is 2.65 bits per heavy atom. The molecule has 0 aromatic carbocycles. The second-order valence-corrected chi connectivity index (χ2v) is 13.6. The lowest BCUT2D eigenvalue weighted by molar-refractivity contribution is -0.137. The van der Waals surface area contributed by atoms with Crippen molar-refractivity contribution in [2.45, 2.75) is 91.3 Å². The minimum absolute atomic E-state index is 0.0338. The molecule has 0 aliphatic heterocycles. The summed E-state index contributed by atoms with van der Waals surface area (Å²) in [5, 5.41) is 0. The first-order chi connectivity index (χ1) is 10.7. The van der Waals surface area contributed by atoms with Gasteiger partial charge in [-0.2, -0.15) is 0 Å². The minimum atomic E-state index is -1.81. The fourth-order valence-corrected chi connectivity index (χ4v) is 6.23. The van der Waals surface area contributed by atoms with Crippen LogP contribution >= 0.6 is 0 Å². The summed E-state index contributed by atoms with van der Waals surface area (Å²) in [6.07, 6.45) is 14.2. The van der Waals surface area contributed by atoms with Gasteiger partial charge in [-0.15, -0.1) is 0 Å². The highest BCUT2D eigenvalue weighted by Crippen LogP contribution is 2.53. The maximum absolute atomic E-state index is 12.4. The maximum atomic E-state index is 12.4. The molecule has 132 valence electrons. The summed E-state index contributed by atoms with van der Waals surface area (Å²) in [5.74, 6) is 0.875. The van der Waals surface area contributed by atoms with Crippen molar-refractivity contribution in [2.75, 3.05) is 0 Å². The first-order valence-corrected chi connectivity index (χ1v) is 12.7. The van der Waals surface area contributed by atoms with Crippen LogP contribution in [-0.2, 0) is 9.22 Å². The van der Waals surface area contributed by atoms with E-state index in [2.05, 4.69) is 46.0 Å². The lowest BCUT2D eigenvalue weighted by Crippen LogP contribution is -2.35. The molecule has 1 saturated carbocycles. The van der Waals surface area contributed by atoms with Gasteiger partial charge in [-0.3, -0.25) is 4.79 Å². The Morgan fingerprint density at radius 1 is 1.39 bits per heavy atom. The fraction of sp³-hybridized carbons (Fsp3) is 0.850. The van der Waals surface area contributed by atoms with Crippen LogP contribution in [0.1, 0.15) is 72.1 Å². The summed E-state index contributed by atoms with van der Waals surface area (Å²) in [4.78, 5) is 12.4. The largest absolute Gasteiger partial charge is 0.520 e. The molecule has 0 N–H and O–H groups in total. The third-order valence-electron chi connectivity index (χ3n) is 5.85. The molecule has 0 heterocycles. The quantitative estimate of drug-likeness (QED) is 0.376. The van der Waals surface area contributed by atoms with E-state index in [9.17, 15) is 4.79 Å². The molecule has 0 amide bonds. The van der Waals surface area contributed by atoms with Crippen LogP contribution in [0.5, 0.6) is 0 Å². The number of allylic oxidation sites excluding steroid dienone is 2. The van der Waals surface area contributed by atoms with E-state index in [1.54, 1.807) is 0 Å². The summed E-state index contributed by atoms with van der Waals surface area (Å²) in [7, 11) is -1.81. The Balaban J connectivity index is 1.78. The van der Waals surface area contributed by atoms with Crippen LogP contribution in [0.25, 0.3) is 0 Å². The number of fused-ring (bicyclic) bond motifs is 2. The number of hydrogen-bond donors (Lipinski definition) is 0. The summed E-state index contributed by atoms with van der Waals surface area (Å²) in [6, 6.07) is 1.09. The highest BCUT2D eigenvalue weighted by molar-refractivity contribution is 6.72. The molecule has 2 rings (SSSR count). The molecule has 2 unspecified atom stereocenters. The SMILES string of the molecule is CCCC[Si](C)(C)OC(=O)CC(C)(C)CCC12C=CC(CC1)C2. The average Bonchev–Trinajstić information content (AvgIpc) is 3.03. The lowest BCUT2D eigenvalue weighted by Gasteiger charge is -2.31. The van der Waals surface area contributed by atoms with E-state index in [0.29, 0.717) is 11.8 Å². The van der Waals surface area contributed by atoms with E-state index >= 15 is 0 Å². The van der Waals surface area contributed by atoms with Gasteiger partial charge in [0.1, 0.15) is 0 Å². The van der Waals surface area contributed by atoms with Gasteiger partial charge < -0.3 is 4.43 Å². The summed E-state index contributed by atoms with van der Waals surface area (Å²) in [5.41, 5.74) is 0.510. The monoisotopic (exact) mass is 336 g/mol. The first kappa shape index (κ1) is 18.8. The molecule has 0 radical (unpaired) electrons. The van der Waals surface area contributed by atoms with Crippen molar-refractivity contribution in [1.29, 1.82) is 0 Å². The van der Waals surface area contributed by atoms with Crippen molar-refractivity contribution in [3.05, 3.63) is 12.2 Å². The van der Waals surface area contributed by atoms with Crippen LogP contribution in [0.15, 0.2) is 12.2 Å². The molecule has 0 aromatic heterocycles. The van der Waals surface area contributed by atoms with Crippen molar-refractivity contribution >= 4 is 14.3 Å². The van der Waals surface area contributed by atoms with Gasteiger partial charge in [-0.25, -0.2) is 0 Å². The molecular formula is C20H36O2Si. The molecule has 2 aliphatic carbocycles. The zero-order valence-corrected chi connectivity index (χ0v) is 16.9. The van der Waals surface area contributed by atoms with E-state index in [4.69, 9.17) is 4.43 Å². The van der Waals surface area contributed by atoms with Crippen LogP contribution in [0.3, 0.4) is 0 Å². The molecule has 2 bridgehead atoms. The summed E-state index contributed by atoms with van der Waals surface area (Å²) >= 11 is 0. The molecule has 0 saturated heterocycles. The van der Waals surface area contributed by atoms with E-state index in [0.717, 1.165) is 18.4 Å². The van der Waals surface area contributed by atoms with Gasteiger partial charge >= 0.3 is 0 Å². The Hall–Kier alpha value is -0.573. The number of rotatable bonds is 9. The summed E-state index contributed by atoms with van der Waals surface area (Å²) < 4.78 is 5.89. The van der Waals surface area contributed by atoms with E-state index < -0.39 is 8.32 Å². The van der Waals surface area contributed by atoms with Gasteiger partial charge in [0.05, 0.1) is 0 Å². The van der Waals surface area contributed by atoms with Crippen LogP contribution < -0.4 is 0 Å². The topological polar surface area (TPSA) is 26.3 Å². The highest BCUT2D eigenvalue weighted by atomic mass is 28.4. The van der Waals surface area contributed by atoms with Gasteiger partial charge in [0.15, 0.2) is 0 Å². The Morgan fingerprint density at radius 2 is 2.13 bits per heavy atom. The average molecular weight is 337 g/mol. The van der Waals surface area contributed by atoms with Crippen molar-refractivity contribution in [1.82, 2.24) is 0 Å². The Kier molecular flexibility index (Phi) is 5.81. The zero-order chi connectivity index (χ0) is 17.1. The van der Waals surface area contributed by atoms with Crippen molar-refractivity contribution in [2.24, 2.45) is 16.7 Å². The zero-order valence-electron chi connectivity index (χ0n) is 15.9. The molecular weight excluding hydrogens is 300 g/mol. The predicted molar refractivity (Wildman–Crippen MR) is 99.8 cm³/mol. The summed E-state index contributed by atoms with van der Waals surface area (Å²) in [6.45, 7) is 11.0. The van der Waals surface area contributed by atoms with Crippen molar-refractivity contribution in [3.8, 4) is 0 Å². The smallest absolute Gasteiger partial charge is 0.293 e. The molecule has 3 heteroatoms. The van der Waals surface area contributed by atoms with Crippen LogP contribution in [0, 0.1) is 16.7 Å². The van der Waals surface area contributed by atoms with Crippen LogP contribution in [0.4, 0.5) is 0 Å². The molecule has 23 heavy (non-hydrogen) atoms. The molecule has 2 nitrogen and oxygen atoms in total. The lowest BCUT2D eigenvalue weighted by atomic mass is 9.75. The Labute approximate surface area is 144 Å². The van der Waals surface area contributed by atoms with Gasteiger partial charge in [-0.05, 0) is 68.0 Å². The number of hydrogen-bond acceptors (Lipinski definition) is 2. The molecule has 1 fully saturated rings. The second kappa shape index (κ2) is 7.12. The van der Waals surface area contributed by atoms with E-state index in [1.165, 1.54) is 38.5 Å². The second-order valence-electron chi connectivity index (χ2n) is 9.40. The minimum Gasteiger partial charge on any atom is -0.520 e. The van der Waals surface area contributed by atoms with Gasteiger partial charge in [-0.1, -0.05) is 45.8 Å². The number of unbranched alkanes of at least 4 members (excludes halogenated alkanes) is 1. The van der Waals surface area contributed by atoms with Gasteiger partial charge in [0, 0.05) is 6.42 Å². The molecule has 0 spiro atoms. The van der Waals surface area contributed by atoms with Gasteiger partial charge in [0.2, 0.25) is 8.32 Å². The standard InChI is InChI=1S/C20H36O2Si/c1-6-7-14-23(4,5)22-18(21)16-19(2,3)12-13-20-10-8-17(15-20)9-11-20/h8,10,17H,6-7,9,11-16H2,1-5H3. The molecule has 2 aliphatic rings. The third-order valence-corrected chi connectivity index (χ3v) is 8.19. The van der Waals surface area contributed by atoms with E-state index in [1.807, 2.05) is 0 Å². The normalized spacial score (nSPS) is 26.7. The van der Waals surface area contributed by atoms with Crippen LogP contribution in [-0.4, -0.2) is 14.3 Å². The molecule has 0 aromatic rings. The first-order valence-electron chi connectivity index (χ1n) is 9.57. The maximum Gasteiger partial charge on any atom is 0.293 e. The highest BCUT2D eigenvalue weighted by Gasteiger charge is 2.41.